The summed E-state index contributed by atoms with van der Waals surface area (Å²) in [5.74, 6) is -0.378. The molecule has 6 nitrogen and oxygen atoms in total. The molecule has 98 valence electrons. The number of rotatable bonds is 3. The lowest BCUT2D eigenvalue weighted by atomic mass is 10.1. The lowest BCUT2D eigenvalue weighted by Crippen LogP contribution is -2.27. The summed E-state index contributed by atoms with van der Waals surface area (Å²) in [6.45, 7) is 2.13. The van der Waals surface area contributed by atoms with Gasteiger partial charge in [0.2, 0.25) is 20.9 Å². The van der Waals surface area contributed by atoms with Gasteiger partial charge < -0.3 is 0 Å². The Morgan fingerprint density at radius 3 is 2.61 bits per heavy atom. The van der Waals surface area contributed by atoms with Crippen molar-refractivity contribution in [3.05, 3.63) is 18.0 Å². The van der Waals surface area contributed by atoms with Gasteiger partial charge in [-0.1, -0.05) is 0 Å². The van der Waals surface area contributed by atoms with Crippen LogP contribution in [0.25, 0.3) is 0 Å². The van der Waals surface area contributed by atoms with Crippen molar-refractivity contribution in [1.82, 2.24) is 9.97 Å². The van der Waals surface area contributed by atoms with Gasteiger partial charge in [-0.05, 0) is 12.5 Å². The number of anilines is 1. The van der Waals surface area contributed by atoms with Crippen LogP contribution in [-0.2, 0) is 13.8 Å². The molecule has 0 N–H and O–H groups in total. The maximum absolute atomic E-state index is 11.8. The van der Waals surface area contributed by atoms with Crippen LogP contribution in [0.1, 0.15) is 12.0 Å². The standard InChI is InChI=1S/C10H12ClN3O3S/c1-7-3-12-10(13-4-7)14-5-8(2-9(14)15)6-18(11,16)17/h3-4,8H,2,5-6H2,1H3. The summed E-state index contributed by atoms with van der Waals surface area (Å²) in [5.41, 5.74) is 0.894. The van der Waals surface area contributed by atoms with Gasteiger partial charge in [-0.15, -0.1) is 0 Å². The lowest BCUT2D eigenvalue weighted by molar-refractivity contribution is -0.117. The molecule has 0 aliphatic carbocycles. The van der Waals surface area contributed by atoms with Crippen molar-refractivity contribution in [2.75, 3.05) is 17.2 Å². The SMILES string of the molecule is Cc1cnc(N2CC(CS(=O)(=O)Cl)CC2=O)nc1. The summed E-state index contributed by atoms with van der Waals surface area (Å²) in [6, 6.07) is 0. The van der Waals surface area contributed by atoms with Gasteiger partial charge in [0.05, 0.1) is 5.75 Å². The smallest absolute Gasteiger partial charge is 0.232 e. The molecule has 1 amide bonds. The van der Waals surface area contributed by atoms with Gasteiger partial charge in [0.25, 0.3) is 0 Å². The molecule has 1 aliphatic heterocycles. The molecule has 1 aromatic rings. The minimum absolute atomic E-state index is 0.156. The van der Waals surface area contributed by atoms with Crippen molar-refractivity contribution in [3.8, 4) is 0 Å². The van der Waals surface area contributed by atoms with E-state index in [4.69, 9.17) is 10.7 Å². The third-order valence-corrected chi connectivity index (χ3v) is 3.90. The Balaban J connectivity index is 2.12. The van der Waals surface area contributed by atoms with Gasteiger partial charge in [-0.3, -0.25) is 9.69 Å². The molecule has 1 aromatic heterocycles. The molecule has 1 atom stereocenters. The van der Waals surface area contributed by atoms with Crippen LogP contribution in [0.5, 0.6) is 0 Å². The highest BCUT2D eigenvalue weighted by atomic mass is 35.7. The van der Waals surface area contributed by atoms with E-state index in [9.17, 15) is 13.2 Å². The molecule has 0 bridgehead atoms. The number of aromatic nitrogens is 2. The maximum Gasteiger partial charge on any atom is 0.232 e. The van der Waals surface area contributed by atoms with Crippen LogP contribution < -0.4 is 4.90 Å². The molecule has 1 saturated heterocycles. The Kier molecular flexibility index (Phi) is 3.54. The van der Waals surface area contributed by atoms with Crippen molar-refractivity contribution in [1.29, 1.82) is 0 Å². The van der Waals surface area contributed by atoms with E-state index >= 15 is 0 Å². The number of aryl methyl sites for hydroxylation is 1. The summed E-state index contributed by atoms with van der Waals surface area (Å²) >= 11 is 0. The first-order chi connectivity index (χ1) is 8.35. The maximum atomic E-state index is 11.8. The van der Waals surface area contributed by atoms with E-state index in [2.05, 4.69) is 9.97 Å². The van der Waals surface area contributed by atoms with E-state index in [-0.39, 0.29) is 30.5 Å². The van der Waals surface area contributed by atoms with E-state index in [1.165, 1.54) is 4.90 Å². The Bertz CT molecular complexity index is 558. The molecule has 0 aromatic carbocycles. The molecular formula is C10H12ClN3O3S. The summed E-state index contributed by atoms with van der Waals surface area (Å²) in [5, 5.41) is 0. The lowest BCUT2D eigenvalue weighted by Gasteiger charge is -2.13. The van der Waals surface area contributed by atoms with E-state index in [1.807, 2.05) is 6.92 Å². The highest BCUT2D eigenvalue weighted by Crippen LogP contribution is 2.23. The van der Waals surface area contributed by atoms with Gasteiger partial charge in [-0.25, -0.2) is 18.4 Å². The minimum atomic E-state index is -3.59. The van der Waals surface area contributed by atoms with Crippen LogP contribution in [-0.4, -0.2) is 36.6 Å². The second-order valence-electron chi connectivity index (χ2n) is 4.34. The average molecular weight is 290 g/mol. The van der Waals surface area contributed by atoms with Gasteiger partial charge in [0.1, 0.15) is 0 Å². The van der Waals surface area contributed by atoms with Gasteiger partial charge >= 0.3 is 0 Å². The number of carbonyl (C=O) groups excluding carboxylic acids is 1. The fourth-order valence-corrected chi connectivity index (χ4v) is 3.21. The zero-order chi connectivity index (χ0) is 13.3. The highest BCUT2D eigenvalue weighted by Gasteiger charge is 2.34. The molecule has 8 heteroatoms. The van der Waals surface area contributed by atoms with E-state index in [0.717, 1.165) is 5.56 Å². The van der Waals surface area contributed by atoms with E-state index in [0.29, 0.717) is 5.95 Å². The van der Waals surface area contributed by atoms with Crippen molar-refractivity contribution < 1.29 is 13.2 Å². The predicted molar refractivity (Wildman–Crippen MR) is 66.9 cm³/mol. The monoisotopic (exact) mass is 289 g/mol. The van der Waals surface area contributed by atoms with Gasteiger partial charge in [-0.2, -0.15) is 0 Å². The average Bonchev–Trinajstić information content (AvgIpc) is 2.58. The molecule has 2 rings (SSSR count). The normalized spacial score (nSPS) is 20.4. The molecule has 18 heavy (non-hydrogen) atoms. The predicted octanol–water partition coefficient (Wildman–Crippen LogP) is 0.707. The third kappa shape index (κ3) is 3.17. The first-order valence-corrected chi connectivity index (χ1v) is 7.84. The number of nitrogens with zero attached hydrogens (tertiary/aromatic N) is 3. The van der Waals surface area contributed by atoms with Crippen molar-refractivity contribution in [3.63, 3.8) is 0 Å². The van der Waals surface area contributed by atoms with E-state index in [1.54, 1.807) is 12.4 Å². The molecule has 1 aliphatic rings. The summed E-state index contributed by atoms with van der Waals surface area (Å²) < 4.78 is 22.0. The van der Waals surface area contributed by atoms with E-state index < -0.39 is 9.05 Å². The molecule has 0 saturated carbocycles. The first kappa shape index (κ1) is 13.2. The largest absolute Gasteiger partial charge is 0.280 e. The van der Waals surface area contributed by atoms with Crippen molar-refractivity contribution in [2.24, 2.45) is 5.92 Å². The quantitative estimate of drug-likeness (QED) is 0.766. The number of hydrogen-bond donors (Lipinski definition) is 0. The molecule has 1 unspecified atom stereocenters. The zero-order valence-electron chi connectivity index (χ0n) is 9.71. The van der Waals surface area contributed by atoms with Crippen molar-refractivity contribution >= 4 is 31.6 Å². The molecular weight excluding hydrogens is 278 g/mol. The highest BCUT2D eigenvalue weighted by molar-refractivity contribution is 8.13. The molecule has 1 fully saturated rings. The molecule has 0 radical (unpaired) electrons. The van der Waals surface area contributed by atoms with Crippen LogP contribution in [0, 0.1) is 12.8 Å². The number of carbonyl (C=O) groups is 1. The van der Waals surface area contributed by atoms with Crippen molar-refractivity contribution in [2.45, 2.75) is 13.3 Å². The van der Waals surface area contributed by atoms with Crippen LogP contribution in [0.4, 0.5) is 5.95 Å². The first-order valence-electron chi connectivity index (χ1n) is 5.36. The van der Waals surface area contributed by atoms with Crippen LogP contribution in [0.15, 0.2) is 12.4 Å². The molecule has 2 heterocycles. The van der Waals surface area contributed by atoms with Gasteiger partial charge in [0, 0.05) is 42.0 Å². The summed E-state index contributed by atoms with van der Waals surface area (Å²) in [4.78, 5) is 21.3. The number of halogens is 1. The van der Waals surface area contributed by atoms with Crippen LogP contribution in [0.3, 0.4) is 0 Å². The Hall–Kier alpha value is -1.21. The van der Waals surface area contributed by atoms with Gasteiger partial charge in [0.15, 0.2) is 0 Å². The summed E-state index contributed by atoms with van der Waals surface area (Å²) in [6.07, 6.45) is 3.38. The minimum Gasteiger partial charge on any atom is -0.280 e. The number of amides is 1. The van der Waals surface area contributed by atoms with Crippen LogP contribution in [0.2, 0.25) is 0 Å². The topological polar surface area (TPSA) is 80.2 Å². The second kappa shape index (κ2) is 4.81. The summed E-state index contributed by atoms with van der Waals surface area (Å²) in [7, 11) is 1.60. The fourth-order valence-electron chi connectivity index (χ4n) is 1.89. The number of hydrogen-bond acceptors (Lipinski definition) is 5. The second-order valence-corrected chi connectivity index (χ2v) is 7.16. The Morgan fingerprint density at radius 1 is 1.44 bits per heavy atom. The van der Waals surface area contributed by atoms with Crippen LogP contribution >= 0.6 is 10.7 Å². The molecule has 0 spiro atoms. The Labute approximate surface area is 109 Å². The third-order valence-electron chi connectivity index (χ3n) is 2.65. The fraction of sp³-hybridized carbons (Fsp3) is 0.500. The Morgan fingerprint density at radius 2 is 2.06 bits per heavy atom. The zero-order valence-corrected chi connectivity index (χ0v) is 11.3.